The average Bonchev–Trinajstić information content (AvgIpc) is 2.24. The molecule has 0 bridgehead atoms. The zero-order valence-electron chi connectivity index (χ0n) is 10.3. The lowest BCUT2D eigenvalue weighted by Crippen LogP contribution is -2.18. The zero-order valence-corrected chi connectivity index (χ0v) is 11.8. The highest BCUT2D eigenvalue weighted by molar-refractivity contribution is 9.10. The molecule has 1 rings (SSSR count). The van der Waals surface area contributed by atoms with Gasteiger partial charge in [-0.3, -0.25) is 0 Å². The van der Waals surface area contributed by atoms with Gasteiger partial charge in [-0.25, -0.2) is 0 Å². The predicted molar refractivity (Wildman–Crippen MR) is 75.5 cm³/mol. The zero-order chi connectivity index (χ0) is 12.0. The lowest BCUT2D eigenvalue weighted by molar-refractivity contribution is 0.682. The third kappa shape index (κ3) is 4.50. The van der Waals surface area contributed by atoms with Crippen molar-refractivity contribution in [3.8, 4) is 0 Å². The molecule has 0 saturated carbocycles. The normalized spacial score (nSPS) is 12.2. The van der Waals surface area contributed by atoms with Gasteiger partial charge in [0.2, 0.25) is 0 Å². The second-order valence-electron chi connectivity index (χ2n) is 4.21. The molecule has 0 atom stereocenters. The van der Waals surface area contributed by atoms with Gasteiger partial charge < -0.3 is 5.32 Å². The third-order valence-corrected chi connectivity index (χ3v) is 3.01. The van der Waals surface area contributed by atoms with Crippen LogP contribution in [-0.2, 0) is 0 Å². The van der Waals surface area contributed by atoms with Crippen molar-refractivity contribution in [2.24, 2.45) is 5.92 Å². The van der Waals surface area contributed by atoms with Gasteiger partial charge in [-0.2, -0.15) is 0 Å². The van der Waals surface area contributed by atoms with Gasteiger partial charge in [-0.05, 0) is 30.2 Å². The van der Waals surface area contributed by atoms with Crippen molar-refractivity contribution < 1.29 is 0 Å². The maximum atomic E-state index is 3.50. The molecule has 1 aromatic carbocycles. The maximum Gasteiger partial charge on any atom is 0.0181 e. The second kappa shape index (κ2) is 6.87. The van der Waals surface area contributed by atoms with Gasteiger partial charge in [0, 0.05) is 11.0 Å². The molecule has 2 heteroatoms. The first-order chi connectivity index (χ1) is 7.63. The van der Waals surface area contributed by atoms with Crippen LogP contribution in [0.25, 0.3) is 6.08 Å². The van der Waals surface area contributed by atoms with Crippen molar-refractivity contribution >= 4 is 22.0 Å². The Kier molecular flexibility index (Phi) is 5.78. The van der Waals surface area contributed by atoms with E-state index in [1.165, 1.54) is 11.1 Å². The van der Waals surface area contributed by atoms with E-state index < -0.39 is 0 Å². The van der Waals surface area contributed by atoms with Gasteiger partial charge in [-0.15, -0.1) is 0 Å². The van der Waals surface area contributed by atoms with Crippen LogP contribution in [0.15, 0.2) is 34.3 Å². The summed E-state index contributed by atoms with van der Waals surface area (Å²) in [6, 6.07) is 8.41. The molecular formula is C14H20BrN. The van der Waals surface area contributed by atoms with Crippen LogP contribution in [0.1, 0.15) is 26.3 Å². The standard InChI is InChI=1S/C14H20BrN/c1-4-16-10-13(11(2)3)8-12-6-5-7-14(15)9-12/h5-9,11,16H,4,10H2,1-3H3. The molecule has 0 aliphatic carbocycles. The Balaban J connectivity index is 2.84. The van der Waals surface area contributed by atoms with Crippen LogP contribution in [0.3, 0.4) is 0 Å². The summed E-state index contributed by atoms with van der Waals surface area (Å²) < 4.78 is 1.13. The van der Waals surface area contributed by atoms with E-state index in [2.05, 4.69) is 72.4 Å². The number of rotatable bonds is 5. The van der Waals surface area contributed by atoms with Crippen molar-refractivity contribution in [1.29, 1.82) is 0 Å². The topological polar surface area (TPSA) is 12.0 Å². The number of likely N-dealkylation sites (N-methyl/N-ethyl adjacent to an activating group) is 1. The van der Waals surface area contributed by atoms with Crippen molar-refractivity contribution in [2.75, 3.05) is 13.1 Å². The van der Waals surface area contributed by atoms with E-state index in [0.29, 0.717) is 5.92 Å². The largest absolute Gasteiger partial charge is 0.313 e. The van der Waals surface area contributed by atoms with E-state index in [4.69, 9.17) is 0 Å². The van der Waals surface area contributed by atoms with Crippen LogP contribution < -0.4 is 5.32 Å². The Bertz CT molecular complexity index is 356. The molecular weight excluding hydrogens is 262 g/mol. The first-order valence-corrected chi connectivity index (χ1v) is 6.59. The fourth-order valence-corrected chi connectivity index (χ4v) is 1.92. The van der Waals surface area contributed by atoms with Gasteiger partial charge >= 0.3 is 0 Å². The molecule has 88 valence electrons. The summed E-state index contributed by atoms with van der Waals surface area (Å²) in [5, 5.41) is 3.38. The van der Waals surface area contributed by atoms with Gasteiger partial charge in [0.25, 0.3) is 0 Å². The van der Waals surface area contributed by atoms with E-state index in [9.17, 15) is 0 Å². The molecule has 0 saturated heterocycles. The van der Waals surface area contributed by atoms with Crippen molar-refractivity contribution in [1.82, 2.24) is 5.32 Å². The highest BCUT2D eigenvalue weighted by atomic mass is 79.9. The molecule has 0 heterocycles. The highest BCUT2D eigenvalue weighted by Crippen LogP contribution is 2.17. The Morgan fingerprint density at radius 2 is 2.19 bits per heavy atom. The summed E-state index contributed by atoms with van der Waals surface area (Å²) >= 11 is 3.50. The van der Waals surface area contributed by atoms with Gasteiger partial charge in [-0.1, -0.05) is 60.5 Å². The van der Waals surface area contributed by atoms with E-state index in [1.807, 2.05) is 0 Å². The molecule has 0 spiro atoms. The minimum absolute atomic E-state index is 0.582. The minimum Gasteiger partial charge on any atom is -0.313 e. The Hall–Kier alpha value is -0.600. The monoisotopic (exact) mass is 281 g/mol. The molecule has 0 aliphatic heterocycles. The summed E-state index contributed by atoms with van der Waals surface area (Å²) in [7, 11) is 0. The summed E-state index contributed by atoms with van der Waals surface area (Å²) in [4.78, 5) is 0. The quantitative estimate of drug-likeness (QED) is 0.857. The summed E-state index contributed by atoms with van der Waals surface area (Å²) in [6.45, 7) is 8.60. The van der Waals surface area contributed by atoms with Crippen LogP contribution in [0.2, 0.25) is 0 Å². The first kappa shape index (κ1) is 13.5. The Labute approximate surface area is 107 Å². The summed E-state index contributed by atoms with van der Waals surface area (Å²) in [6.07, 6.45) is 2.28. The lowest BCUT2D eigenvalue weighted by atomic mass is 10.0. The average molecular weight is 282 g/mol. The summed E-state index contributed by atoms with van der Waals surface area (Å²) in [5.74, 6) is 0.582. The van der Waals surface area contributed by atoms with Gasteiger partial charge in [0.15, 0.2) is 0 Å². The Morgan fingerprint density at radius 1 is 1.44 bits per heavy atom. The Morgan fingerprint density at radius 3 is 2.75 bits per heavy atom. The molecule has 0 fully saturated rings. The molecule has 1 aromatic rings. The van der Waals surface area contributed by atoms with Crippen LogP contribution in [0.5, 0.6) is 0 Å². The van der Waals surface area contributed by atoms with E-state index in [-0.39, 0.29) is 0 Å². The third-order valence-electron chi connectivity index (χ3n) is 2.52. The molecule has 0 aliphatic rings. The molecule has 1 nitrogen and oxygen atoms in total. The number of halogens is 1. The van der Waals surface area contributed by atoms with Crippen LogP contribution in [0.4, 0.5) is 0 Å². The number of benzene rings is 1. The molecule has 0 amide bonds. The van der Waals surface area contributed by atoms with E-state index in [1.54, 1.807) is 0 Å². The minimum atomic E-state index is 0.582. The fraction of sp³-hybridized carbons (Fsp3) is 0.429. The molecule has 16 heavy (non-hydrogen) atoms. The fourth-order valence-electron chi connectivity index (χ4n) is 1.50. The van der Waals surface area contributed by atoms with Crippen molar-refractivity contribution in [3.05, 3.63) is 39.9 Å². The lowest BCUT2D eigenvalue weighted by Gasteiger charge is -2.12. The van der Waals surface area contributed by atoms with E-state index >= 15 is 0 Å². The van der Waals surface area contributed by atoms with Crippen molar-refractivity contribution in [2.45, 2.75) is 20.8 Å². The smallest absolute Gasteiger partial charge is 0.0181 e. The molecule has 0 radical (unpaired) electrons. The molecule has 0 unspecified atom stereocenters. The number of hydrogen-bond acceptors (Lipinski definition) is 1. The van der Waals surface area contributed by atoms with Gasteiger partial charge in [0.1, 0.15) is 0 Å². The van der Waals surface area contributed by atoms with Crippen LogP contribution >= 0.6 is 15.9 Å². The van der Waals surface area contributed by atoms with Gasteiger partial charge in [0.05, 0.1) is 0 Å². The van der Waals surface area contributed by atoms with Crippen LogP contribution in [0, 0.1) is 5.92 Å². The predicted octanol–water partition coefficient (Wildman–Crippen LogP) is 4.10. The maximum absolute atomic E-state index is 3.50. The van der Waals surface area contributed by atoms with Crippen molar-refractivity contribution in [3.63, 3.8) is 0 Å². The number of nitrogens with one attached hydrogen (secondary N) is 1. The van der Waals surface area contributed by atoms with Crippen LogP contribution in [-0.4, -0.2) is 13.1 Å². The second-order valence-corrected chi connectivity index (χ2v) is 5.12. The molecule has 0 aromatic heterocycles. The molecule has 1 N–H and O–H groups in total. The summed E-state index contributed by atoms with van der Waals surface area (Å²) in [5.41, 5.74) is 2.70. The highest BCUT2D eigenvalue weighted by Gasteiger charge is 2.02. The SMILES string of the molecule is CCNCC(=Cc1cccc(Br)c1)C(C)C. The number of hydrogen-bond donors (Lipinski definition) is 1. The first-order valence-electron chi connectivity index (χ1n) is 5.80. The van der Waals surface area contributed by atoms with E-state index in [0.717, 1.165) is 17.6 Å².